The van der Waals surface area contributed by atoms with Gasteiger partial charge in [-0.15, -0.1) is 0 Å². The number of nitrogens with zero attached hydrogens (tertiary/aromatic N) is 5. The second kappa shape index (κ2) is 9.27. The van der Waals surface area contributed by atoms with Crippen LogP contribution in [0.2, 0.25) is 0 Å². The van der Waals surface area contributed by atoms with E-state index < -0.39 is 0 Å². The third kappa shape index (κ3) is 4.36. The number of hydrogen-bond donors (Lipinski definition) is 1. The van der Waals surface area contributed by atoms with Gasteiger partial charge in [0.05, 0.1) is 25.5 Å². The van der Waals surface area contributed by atoms with Crippen LogP contribution in [-0.2, 0) is 6.42 Å². The largest absolute Gasteiger partial charge is 0.480 e. The lowest BCUT2D eigenvalue weighted by molar-refractivity contribution is 0.353. The summed E-state index contributed by atoms with van der Waals surface area (Å²) in [4.78, 5) is 21.8. The first-order chi connectivity index (χ1) is 14.8. The van der Waals surface area contributed by atoms with E-state index in [2.05, 4.69) is 30.6 Å². The number of ether oxygens (including phenoxy) is 2. The molecular formula is C21H20N6O2S. The Hall–Kier alpha value is -3.59. The van der Waals surface area contributed by atoms with Gasteiger partial charge in [0.25, 0.3) is 0 Å². The standard InChI is InChI=1S/C21H20N6O2S/c1-28-19-17(12-25-21(27-19)29-2)18-16(15-6-10-30-13-15)11-24-20(26-18)23-9-5-14-3-7-22-8-4-14/h3-4,6-8,10-13H,5,9H2,1-2H3,(H,23,24,26). The van der Waals surface area contributed by atoms with Gasteiger partial charge in [0.2, 0.25) is 11.8 Å². The molecule has 0 radical (unpaired) electrons. The zero-order valence-electron chi connectivity index (χ0n) is 16.6. The summed E-state index contributed by atoms with van der Waals surface area (Å²) < 4.78 is 10.6. The summed E-state index contributed by atoms with van der Waals surface area (Å²) in [6.07, 6.45) is 7.87. The van der Waals surface area contributed by atoms with Crippen LogP contribution >= 0.6 is 11.3 Å². The number of aromatic nitrogens is 5. The molecule has 4 rings (SSSR count). The molecule has 0 spiro atoms. The fourth-order valence-electron chi connectivity index (χ4n) is 2.94. The summed E-state index contributed by atoms with van der Waals surface area (Å²) in [6.45, 7) is 0.692. The SMILES string of the molecule is COc1ncc(-c2nc(NCCc3ccncc3)ncc2-c2ccsc2)c(OC)n1. The van der Waals surface area contributed by atoms with Gasteiger partial charge in [-0.1, -0.05) is 0 Å². The number of thiophene rings is 1. The summed E-state index contributed by atoms with van der Waals surface area (Å²) in [6, 6.07) is 6.25. The van der Waals surface area contributed by atoms with Crippen LogP contribution in [0, 0.1) is 0 Å². The van der Waals surface area contributed by atoms with Crippen molar-refractivity contribution in [2.24, 2.45) is 0 Å². The van der Waals surface area contributed by atoms with Crippen LogP contribution in [0.1, 0.15) is 5.56 Å². The molecule has 0 unspecified atom stereocenters. The number of rotatable bonds is 8. The summed E-state index contributed by atoms with van der Waals surface area (Å²) in [7, 11) is 3.07. The lowest BCUT2D eigenvalue weighted by Gasteiger charge is -2.13. The van der Waals surface area contributed by atoms with Crippen LogP contribution in [0.25, 0.3) is 22.4 Å². The minimum atomic E-state index is 0.234. The number of methoxy groups -OCH3 is 2. The maximum Gasteiger partial charge on any atom is 0.319 e. The molecule has 4 heterocycles. The van der Waals surface area contributed by atoms with E-state index in [9.17, 15) is 0 Å². The molecule has 0 aliphatic heterocycles. The molecule has 1 N–H and O–H groups in total. The van der Waals surface area contributed by atoms with Gasteiger partial charge >= 0.3 is 6.01 Å². The average Bonchev–Trinajstić information content (AvgIpc) is 3.34. The van der Waals surface area contributed by atoms with Crippen LogP contribution in [0.3, 0.4) is 0 Å². The fourth-order valence-corrected chi connectivity index (χ4v) is 3.59. The minimum Gasteiger partial charge on any atom is -0.480 e. The number of nitrogens with one attached hydrogen (secondary N) is 1. The molecule has 9 heteroatoms. The van der Waals surface area contributed by atoms with Crippen molar-refractivity contribution in [2.45, 2.75) is 6.42 Å². The van der Waals surface area contributed by atoms with Gasteiger partial charge in [-0.05, 0) is 46.5 Å². The van der Waals surface area contributed by atoms with Gasteiger partial charge in [0, 0.05) is 36.9 Å². The molecule has 8 nitrogen and oxygen atoms in total. The maximum atomic E-state index is 5.48. The molecule has 0 aromatic carbocycles. The first-order valence-electron chi connectivity index (χ1n) is 9.26. The van der Waals surface area contributed by atoms with Crippen LogP contribution in [-0.4, -0.2) is 45.7 Å². The molecule has 0 bridgehead atoms. The van der Waals surface area contributed by atoms with Crippen molar-refractivity contribution in [3.8, 4) is 34.3 Å². The van der Waals surface area contributed by atoms with E-state index in [1.807, 2.05) is 29.8 Å². The van der Waals surface area contributed by atoms with Gasteiger partial charge in [-0.25, -0.2) is 15.0 Å². The van der Waals surface area contributed by atoms with Gasteiger partial charge in [-0.2, -0.15) is 16.3 Å². The topological polar surface area (TPSA) is 94.9 Å². The Morgan fingerprint density at radius 3 is 2.53 bits per heavy atom. The zero-order valence-corrected chi connectivity index (χ0v) is 17.4. The van der Waals surface area contributed by atoms with Crippen molar-refractivity contribution < 1.29 is 9.47 Å². The highest BCUT2D eigenvalue weighted by Gasteiger charge is 2.18. The quantitative estimate of drug-likeness (QED) is 0.461. The Labute approximate surface area is 178 Å². The predicted octanol–water partition coefficient (Wildman–Crippen LogP) is 3.73. The smallest absolute Gasteiger partial charge is 0.319 e. The first-order valence-corrected chi connectivity index (χ1v) is 10.2. The van der Waals surface area contributed by atoms with E-state index in [1.54, 1.807) is 37.0 Å². The monoisotopic (exact) mass is 420 g/mol. The van der Waals surface area contributed by atoms with E-state index in [1.165, 1.54) is 12.7 Å². The van der Waals surface area contributed by atoms with Gasteiger partial charge in [0.1, 0.15) is 0 Å². The first kappa shape index (κ1) is 19.7. The summed E-state index contributed by atoms with van der Waals surface area (Å²) in [5.41, 5.74) is 4.45. The van der Waals surface area contributed by atoms with E-state index >= 15 is 0 Å². The maximum absolute atomic E-state index is 5.48. The number of pyridine rings is 1. The van der Waals surface area contributed by atoms with Crippen molar-refractivity contribution in [3.05, 3.63) is 59.3 Å². The molecule has 152 valence electrons. The van der Waals surface area contributed by atoms with Gasteiger partial charge in [0.15, 0.2) is 0 Å². The Balaban J connectivity index is 1.67. The van der Waals surface area contributed by atoms with Crippen LogP contribution in [0.4, 0.5) is 5.95 Å². The summed E-state index contributed by atoms with van der Waals surface area (Å²) >= 11 is 1.61. The number of anilines is 1. The molecular weight excluding hydrogens is 400 g/mol. The van der Waals surface area contributed by atoms with E-state index in [-0.39, 0.29) is 6.01 Å². The molecule has 0 aliphatic carbocycles. The lowest BCUT2D eigenvalue weighted by atomic mass is 10.1. The van der Waals surface area contributed by atoms with Crippen molar-refractivity contribution in [3.63, 3.8) is 0 Å². The van der Waals surface area contributed by atoms with E-state index in [0.29, 0.717) is 29.6 Å². The van der Waals surface area contributed by atoms with E-state index in [0.717, 1.165) is 17.5 Å². The molecule has 4 aromatic rings. The third-order valence-electron chi connectivity index (χ3n) is 4.43. The molecule has 0 amide bonds. The third-order valence-corrected chi connectivity index (χ3v) is 5.11. The van der Waals surface area contributed by atoms with Crippen LogP contribution in [0.15, 0.2) is 53.7 Å². The Bertz CT molecular complexity index is 1110. The number of hydrogen-bond acceptors (Lipinski definition) is 9. The summed E-state index contributed by atoms with van der Waals surface area (Å²) in [5, 5.41) is 7.36. The molecule has 0 aliphatic rings. The van der Waals surface area contributed by atoms with Gasteiger partial charge in [-0.3, -0.25) is 4.98 Å². The average molecular weight is 420 g/mol. The lowest BCUT2D eigenvalue weighted by Crippen LogP contribution is -2.09. The molecule has 4 aromatic heterocycles. The van der Waals surface area contributed by atoms with Crippen molar-refractivity contribution in [1.29, 1.82) is 0 Å². The second-order valence-corrected chi connectivity index (χ2v) is 7.06. The van der Waals surface area contributed by atoms with E-state index in [4.69, 9.17) is 14.5 Å². The van der Waals surface area contributed by atoms with Gasteiger partial charge < -0.3 is 14.8 Å². The Kier molecular flexibility index (Phi) is 6.09. The highest BCUT2D eigenvalue weighted by Crippen LogP contribution is 2.36. The molecule has 0 saturated carbocycles. The predicted molar refractivity (Wildman–Crippen MR) is 116 cm³/mol. The molecule has 0 saturated heterocycles. The molecule has 0 fully saturated rings. The van der Waals surface area contributed by atoms with Crippen molar-refractivity contribution in [1.82, 2.24) is 24.9 Å². The highest BCUT2D eigenvalue weighted by atomic mass is 32.1. The highest BCUT2D eigenvalue weighted by molar-refractivity contribution is 7.08. The fraction of sp³-hybridized carbons (Fsp3) is 0.190. The molecule has 30 heavy (non-hydrogen) atoms. The summed E-state index contributed by atoms with van der Waals surface area (Å²) in [5.74, 6) is 0.913. The Morgan fingerprint density at radius 1 is 0.967 bits per heavy atom. The van der Waals surface area contributed by atoms with Crippen molar-refractivity contribution >= 4 is 17.3 Å². The van der Waals surface area contributed by atoms with Crippen molar-refractivity contribution in [2.75, 3.05) is 26.1 Å². The second-order valence-electron chi connectivity index (χ2n) is 6.28. The minimum absolute atomic E-state index is 0.234. The van der Waals surface area contributed by atoms with Crippen LogP contribution < -0.4 is 14.8 Å². The Morgan fingerprint density at radius 2 is 1.80 bits per heavy atom. The normalized spacial score (nSPS) is 10.6. The zero-order chi connectivity index (χ0) is 20.8. The van der Waals surface area contributed by atoms with Crippen LogP contribution in [0.5, 0.6) is 11.9 Å². The molecule has 0 atom stereocenters.